The number of rotatable bonds is 5. The molecule has 3 heterocycles. The lowest BCUT2D eigenvalue weighted by molar-refractivity contribution is 0.636. The van der Waals surface area contributed by atoms with Crippen molar-refractivity contribution in [2.24, 2.45) is 0 Å². The minimum atomic E-state index is 0.409. The van der Waals surface area contributed by atoms with Crippen molar-refractivity contribution < 1.29 is 0 Å². The van der Waals surface area contributed by atoms with Crippen molar-refractivity contribution in [3.63, 3.8) is 0 Å². The lowest BCUT2D eigenvalue weighted by Gasteiger charge is -2.11. The molecule has 0 saturated heterocycles. The predicted molar refractivity (Wildman–Crippen MR) is 73.4 cm³/mol. The first-order valence-electron chi connectivity index (χ1n) is 6.53. The van der Waals surface area contributed by atoms with E-state index in [1.54, 1.807) is 16.9 Å². The van der Waals surface area contributed by atoms with Crippen LogP contribution < -0.4 is 5.32 Å². The minimum absolute atomic E-state index is 0.409. The van der Waals surface area contributed by atoms with Gasteiger partial charge in [0.25, 0.3) is 0 Å². The van der Waals surface area contributed by atoms with Crippen LogP contribution in [0.2, 0.25) is 0 Å². The third kappa shape index (κ3) is 2.31. The van der Waals surface area contributed by atoms with Gasteiger partial charge in [-0.3, -0.25) is 0 Å². The summed E-state index contributed by atoms with van der Waals surface area (Å²) in [5, 5.41) is 14.7. The molecule has 0 amide bonds. The van der Waals surface area contributed by atoms with Gasteiger partial charge in [-0.1, -0.05) is 13.8 Å². The highest BCUT2D eigenvalue weighted by Gasteiger charge is 2.08. The summed E-state index contributed by atoms with van der Waals surface area (Å²) < 4.78 is 3.73. The van der Waals surface area contributed by atoms with Crippen LogP contribution in [-0.2, 0) is 6.54 Å². The molecule has 0 aromatic carbocycles. The van der Waals surface area contributed by atoms with E-state index >= 15 is 0 Å². The molecule has 0 saturated carbocycles. The van der Waals surface area contributed by atoms with Crippen LogP contribution in [-0.4, -0.2) is 41.1 Å². The Labute approximate surface area is 115 Å². The van der Waals surface area contributed by atoms with Crippen LogP contribution >= 0.6 is 0 Å². The molecule has 0 radical (unpaired) electrons. The van der Waals surface area contributed by atoms with E-state index < -0.39 is 0 Å². The van der Waals surface area contributed by atoms with Gasteiger partial charge in [0.05, 0.1) is 6.20 Å². The van der Waals surface area contributed by atoms with Gasteiger partial charge >= 0.3 is 0 Å². The van der Waals surface area contributed by atoms with Crippen molar-refractivity contribution in [3.05, 3.63) is 30.6 Å². The summed E-state index contributed by atoms with van der Waals surface area (Å²) in [7, 11) is 0. The summed E-state index contributed by atoms with van der Waals surface area (Å²) in [5.74, 6) is 2.18. The van der Waals surface area contributed by atoms with Crippen LogP contribution in [0.25, 0.3) is 5.65 Å². The van der Waals surface area contributed by atoms with Crippen LogP contribution in [0.5, 0.6) is 0 Å². The summed E-state index contributed by atoms with van der Waals surface area (Å²) >= 11 is 0. The highest BCUT2D eigenvalue weighted by Crippen LogP contribution is 2.12. The molecule has 20 heavy (non-hydrogen) atoms. The number of hydrogen-bond acceptors (Lipinski definition) is 6. The summed E-state index contributed by atoms with van der Waals surface area (Å²) in [6.45, 7) is 5.82. The van der Waals surface area contributed by atoms with Crippen LogP contribution in [0, 0.1) is 0 Å². The summed E-state index contributed by atoms with van der Waals surface area (Å²) in [5.41, 5.74) is 0.627. The SMILES string of the molecule is CC(C)c1nccn1CCNc1nccn2nnnc12. The Hall–Kier alpha value is -2.51. The van der Waals surface area contributed by atoms with Crippen molar-refractivity contribution in [1.29, 1.82) is 0 Å². The standard InChI is InChI=1S/C12H16N8/c1-9(2)11-15-4-7-19(11)6-3-13-10-12-16-17-18-20(12)8-5-14-10/h4-5,7-9H,3,6H2,1-2H3,(H,13,14). The molecule has 104 valence electrons. The average molecular weight is 272 g/mol. The van der Waals surface area contributed by atoms with E-state index in [4.69, 9.17) is 0 Å². The van der Waals surface area contributed by atoms with E-state index in [1.165, 1.54) is 0 Å². The molecule has 1 N–H and O–H groups in total. The van der Waals surface area contributed by atoms with Crippen LogP contribution in [0.1, 0.15) is 25.6 Å². The van der Waals surface area contributed by atoms with Gasteiger partial charge in [0.1, 0.15) is 5.82 Å². The Morgan fingerprint density at radius 3 is 2.90 bits per heavy atom. The van der Waals surface area contributed by atoms with E-state index in [0.29, 0.717) is 17.4 Å². The molecule has 3 rings (SSSR count). The number of nitrogens with zero attached hydrogens (tertiary/aromatic N) is 7. The molecule has 0 unspecified atom stereocenters. The van der Waals surface area contributed by atoms with Crippen molar-refractivity contribution in [2.75, 3.05) is 11.9 Å². The fraction of sp³-hybridized carbons (Fsp3) is 0.417. The molecule has 0 aliphatic heterocycles. The van der Waals surface area contributed by atoms with Gasteiger partial charge in [0, 0.05) is 37.6 Å². The second-order valence-corrected chi connectivity index (χ2v) is 4.78. The smallest absolute Gasteiger partial charge is 0.221 e. The van der Waals surface area contributed by atoms with E-state index in [0.717, 1.165) is 18.9 Å². The summed E-state index contributed by atoms with van der Waals surface area (Å²) in [6.07, 6.45) is 7.20. The van der Waals surface area contributed by atoms with Crippen molar-refractivity contribution in [3.8, 4) is 0 Å². The van der Waals surface area contributed by atoms with Crippen LogP contribution in [0.3, 0.4) is 0 Å². The molecule has 3 aromatic heterocycles. The van der Waals surface area contributed by atoms with Gasteiger partial charge in [-0.05, 0) is 10.4 Å². The molecule has 0 spiro atoms. The lowest BCUT2D eigenvalue weighted by atomic mass is 10.2. The Bertz CT molecular complexity index is 698. The molecule has 8 heteroatoms. The fourth-order valence-electron chi connectivity index (χ4n) is 2.11. The zero-order valence-electron chi connectivity index (χ0n) is 11.4. The van der Waals surface area contributed by atoms with Gasteiger partial charge in [0.15, 0.2) is 5.82 Å². The number of tetrazole rings is 1. The van der Waals surface area contributed by atoms with Crippen LogP contribution in [0.4, 0.5) is 5.82 Å². The Morgan fingerprint density at radius 2 is 2.05 bits per heavy atom. The predicted octanol–water partition coefficient (Wildman–Crippen LogP) is 0.951. The summed E-state index contributed by atoms with van der Waals surface area (Å²) in [6, 6.07) is 0. The molecular formula is C12H16N8. The number of hydrogen-bond donors (Lipinski definition) is 1. The number of nitrogens with one attached hydrogen (secondary N) is 1. The zero-order valence-corrected chi connectivity index (χ0v) is 11.4. The van der Waals surface area contributed by atoms with E-state index in [-0.39, 0.29) is 0 Å². The maximum absolute atomic E-state index is 4.37. The first-order chi connectivity index (χ1) is 9.75. The van der Waals surface area contributed by atoms with E-state index in [2.05, 4.69) is 49.2 Å². The topological polar surface area (TPSA) is 85.8 Å². The molecule has 0 atom stereocenters. The second kappa shape index (κ2) is 5.24. The maximum Gasteiger partial charge on any atom is 0.221 e. The number of imidazole rings is 1. The van der Waals surface area contributed by atoms with Gasteiger partial charge in [-0.25, -0.2) is 9.97 Å². The Morgan fingerprint density at radius 1 is 1.20 bits per heavy atom. The fourth-order valence-corrected chi connectivity index (χ4v) is 2.11. The summed E-state index contributed by atoms with van der Waals surface area (Å²) in [4.78, 5) is 8.62. The Kier molecular flexibility index (Phi) is 3.28. The third-order valence-corrected chi connectivity index (χ3v) is 3.03. The van der Waals surface area contributed by atoms with Crippen LogP contribution in [0.15, 0.2) is 24.8 Å². The molecule has 0 aliphatic rings. The quantitative estimate of drug-likeness (QED) is 0.744. The molecular weight excluding hydrogens is 256 g/mol. The first-order valence-corrected chi connectivity index (χ1v) is 6.53. The van der Waals surface area contributed by atoms with Gasteiger partial charge in [0.2, 0.25) is 5.65 Å². The third-order valence-electron chi connectivity index (χ3n) is 3.03. The maximum atomic E-state index is 4.37. The van der Waals surface area contributed by atoms with Crippen molar-refractivity contribution >= 4 is 11.5 Å². The van der Waals surface area contributed by atoms with E-state index in [1.807, 2.05) is 12.4 Å². The number of fused-ring (bicyclic) bond motifs is 1. The second-order valence-electron chi connectivity index (χ2n) is 4.78. The largest absolute Gasteiger partial charge is 0.365 e. The highest BCUT2D eigenvalue weighted by atomic mass is 15.5. The molecule has 8 nitrogen and oxygen atoms in total. The highest BCUT2D eigenvalue weighted by molar-refractivity contribution is 5.60. The van der Waals surface area contributed by atoms with Gasteiger partial charge in [-0.2, -0.15) is 4.52 Å². The lowest BCUT2D eigenvalue weighted by Crippen LogP contribution is -2.14. The van der Waals surface area contributed by atoms with E-state index in [9.17, 15) is 0 Å². The first kappa shape index (κ1) is 12.5. The molecule has 3 aromatic rings. The minimum Gasteiger partial charge on any atom is -0.365 e. The molecule has 0 aliphatic carbocycles. The normalized spacial score (nSPS) is 11.3. The monoisotopic (exact) mass is 272 g/mol. The zero-order chi connectivity index (χ0) is 13.9. The molecule has 0 bridgehead atoms. The number of anilines is 1. The molecule has 0 fully saturated rings. The average Bonchev–Trinajstić information content (AvgIpc) is 3.07. The van der Waals surface area contributed by atoms with Crippen molar-refractivity contribution in [1.82, 2.24) is 34.6 Å². The Balaban J connectivity index is 1.68. The van der Waals surface area contributed by atoms with Crippen molar-refractivity contribution in [2.45, 2.75) is 26.3 Å². The number of aromatic nitrogens is 7. The van der Waals surface area contributed by atoms with Gasteiger partial charge < -0.3 is 9.88 Å². The van der Waals surface area contributed by atoms with Gasteiger partial charge in [-0.15, -0.1) is 5.10 Å².